The summed E-state index contributed by atoms with van der Waals surface area (Å²) >= 11 is 0. The van der Waals surface area contributed by atoms with E-state index in [0.717, 1.165) is 44.5 Å². The maximum absolute atomic E-state index is 12.5. The van der Waals surface area contributed by atoms with E-state index in [4.69, 9.17) is 0 Å². The summed E-state index contributed by atoms with van der Waals surface area (Å²) < 4.78 is 30.0. The Hall–Kier alpha value is -1.66. The molecule has 1 atom stereocenters. The Balaban J connectivity index is 1.44. The van der Waals surface area contributed by atoms with Gasteiger partial charge in [-0.05, 0) is 54.9 Å². The van der Waals surface area contributed by atoms with Crippen molar-refractivity contribution < 1.29 is 8.42 Å². The first-order valence-electron chi connectivity index (χ1n) is 8.23. The third-order valence-corrected chi connectivity index (χ3v) is 6.41. The van der Waals surface area contributed by atoms with Crippen molar-refractivity contribution in [1.29, 1.82) is 0 Å². The molecule has 0 spiro atoms. The summed E-state index contributed by atoms with van der Waals surface area (Å²) in [6, 6.07) is 5.55. The standard InChI is InChI=1S/C17H21N3O2S/c21-23(22,16-5-4-14-2-1-3-15(14)11-16)19-12-13-6-8-20-9-7-18-17(20)10-13/h4-5,7,9,11,13,19H,1-3,6,8,10,12H2/t13-/m1/s1. The Bertz CT molecular complexity index is 826. The van der Waals surface area contributed by atoms with Crippen LogP contribution in [0.15, 0.2) is 35.5 Å². The van der Waals surface area contributed by atoms with E-state index in [1.54, 1.807) is 6.07 Å². The molecule has 1 aromatic heterocycles. The summed E-state index contributed by atoms with van der Waals surface area (Å²) in [6.45, 7) is 1.40. The fourth-order valence-corrected chi connectivity index (χ4v) is 4.78. The van der Waals surface area contributed by atoms with Gasteiger partial charge in [0, 0.05) is 31.9 Å². The lowest BCUT2D eigenvalue weighted by Gasteiger charge is -2.23. The molecule has 0 bridgehead atoms. The molecule has 2 aromatic rings. The molecule has 0 radical (unpaired) electrons. The summed E-state index contributed by atoms with van der Waals surface area (Å²) in [5.74, 6) is 1.37. The summed E-state index contributed by atoms with van der Waals surface area (Å²) in [5, 5.41) is 0. The molecule has 6 heteroatoms. The van der Waals surface area contributed by atoms with Gasteiger partial charge >= 0.3 is 0 Å². The highest BCUT2D eigenvalue weighted by atomic mass is 32.2. The van der Waals surface area contributed by atoms with E-state index in [1.807, 2.05) is 24.5 Å². The third kappa shape index (κ3) is 2.93. The summed E-state index contributed by atoms with van der Waals surface area (Å²) in [5.41, 5.74) is 2.48. The van der Waals surface area contributed by atoms with Crippen molar-refractivity contribution in [2.45, 2.75) is 43.5 Å². The number of hydrogen-bond donors (Lipinski definition) is 1. The van der Waals surface area contributed by atoms with Crippen LogP contribution >= 0.6 is 0 Å². The Morgan fingerprint density at radius 3 is 3.04 bits per heavy atom. The zero-order valence-electron chi connectivity index (χ0n) is 13.0. The zero-order chi connectivity index (χ0) is 15.9. The van der Waals surface area contributed by atoms with Crippen LogP contribution in [0.2, 0.25) is 0 Å². The number of sulfonamides is 1. The van der Waals surface area contributed by atoms with E-state index in [-0.39, 0.29) is 0 Å². The minimum atomic E-state index is -3.42. The lowest BCUT2D eigenvalue weighted by atomic mass is 9.98. The average molecular weight is 331 g/mol. The summed E-state index contributed by atoms with van der Waals surface area (Å²) in [4.78, 5) is 4.73. The first kappa shape index (κ1) is 14.9. The lowest BCUT2D eigenvalue weighted by Crippen LogP contribution is -2.33. The molecule has 2 heterocycles. The first-order valence-corrected chi connectivity index (χ1v) is 9.71. The molecular formula is C17H21N3O2S. The molecule has 5 nitrogen and oxygen atoms in total. The second-order valence-electron chi connectivity index (χ2n) is 6.53. The van der Waals surface area contributed by atoms with E-state index in [2.05, 4.69) is 14.3 Å². The monoisotopic (exact) mass is 331 g/mol. The van der Waals surface area contributed by atoms with Crippen LogP contribution in [-0.4, -0.2) is 24.5 Å². The summed E-state index contributed by atoms with van der Waals surface area (Å²) in [6.07, 6.45) is 8.80. The van der Waals surface area contributed by atoms with Gasteiger partial charge in [0.2, 0.25) is 10.0 Å². The van der Waals surface area contributed by atoms with Crippen LogP contribution in [0.25, 0.3) is 0 Å². The largest absolute Gasteiger partial charge is 0.335 e. The molecule has 1 N–H and O–H groups in total. The molecule has 23 heavy (non-hydrogen) atoms. The Kier molecular flexibility index (Phi) is 3.73. The minimum Gasteiger partial charge on any atom is -0.335 e. The second kappa shape index (κ2) is 5.76. The lowest BCUT2D eigenvalue weighted by molar-refractivity contribution is 0.379. The topological polar surface area (TPSA) is 64.0 Å². The van der Waals surface area contributed by atoms with Gasteiger partial charge in [-0.3, -0.25) is 0 Å². The molecule has 2 aliphatic rings. The molecule has 0 saturated heterocycles. The maximum atomic E-state index is 12.5. The van der Waals surface area contributed by atoms with Crippen LogP contribution in [-0.2, 0) is 35.8 Å². The van der Waals surface area contributed by atoms with E-state index in [0.29, 0.717) is 17.4 Å². The van der Waals surface area contributed by atoms with Crippen LogP contribution in [0.3, 0.4) is 0 Å². The van der Waals surface area contributed by atoms with Crippen molar-refractivity contribution in [3.05, 3.63) is 47.5 Å². The Labute approximate surface area is 136 Å². The molecule has 122 valence electrons. The zero-order valence-corrected chi connectivity index (χ0v) is 13.8. The van der Waals surface area contributed by atoms with Crippen molar-refractivity contribution in [1.82, 2.24) is 14.3 Å². The third-order valence-electron chi connectivity index (χ3n) is 4.99. The number of nitrogens with one attached hydrogen (secondary N) is 1. The molecule has 0 fully saturated rings. The fourth-order valence-electron chi connectivity index (χ4n) is 3.62. The van der Waals surface area contributed by atoms with Gasteiger partial charge in [-0.15, -0.1) is 0 Å². The highest BCUT2D eigenvalue weighted by Gasteiger charge is 2.23. The van der Waals surface area contributed by atoms with Crippen molar-refractivity contribution in [2.75, 3.05) is 6.54 Å². The van der Waals surface area contributed by atoms with Gasteiger partial charge in [0.15, 0.2) is 0 Å². The second-order valence-corrected chi connectivity index (χ2v) is 8.30. The smallest absolute Gasteiger partial charge is 0.240 e. The van der Waals surface area contributed by atoms with Crippen LogP contribution in [0.5, 0.6) is 0 Å². The van der Waals surface area contributed by atoms with Crippen molar-refractivity contribution in [3.8, 4) is 0 Å². The normalized spacial score (nSPS) is 20.3. The molecule has 0 unspecified atom stereocenters. The van der Waals surface area contributed by atoms with Crippen LogP contribution in [0, 0.1) is 5.92 Å². The Morgan fingerprint density at radius 2 is 2.13 bits per heavy atom. The van der Waals surface area contributed by atoms with Gasteiger partial charge < -0.3 is 4.57 Å². The average Bonchev–Trinajstić information content (AvgIpc) is 3.20. The highest BCUT2D eigenvalue weighted by Crippen LogP contribution is 2.25. The van der Waals surface area contributed by atoms with E-state index < -0.39 is 10.0 Å². The van der Waals surface area contributed by atoms with E-state index in [9.17, 15) is 8.42 Å². The van der Waals surface area contributed by atoms with Crippen LogP contribution < -0.4 is 4.72 Å². The van der Waals surface area contributed by atoms with E-state index in [1.165, 1.54) is 11.1 Å². The number of hydrogen-bond acceptors (Lipinski definition) is 3. The predicted molar refractivity (Wildman–Crippen MR) is 87.7 cm³/mol. The van der Waals surface area contributed by atoms with Gasteiger partial charge in [0.25, 0.3) is 0 Å². The molecule has 0 amide bonds. The number of fused-ring (bicyclic) bond motifs is 2. The van der Waals surface area contributed by atoms with Gasteiger partial charge in [-0.1, -0.05) is 6.07 Å². The molecule has 0 saturated carbocycles. The van der Waals surface area contributed by atoms with Gasteiger partial charge in [0.1, 0.15) is 5.82 Å². The van der Waals surface area contributed by atoms with Crippen molar-refractivity contribution in [2.24, 2.45) is 5.92 Å². The highest BCUT2D eigenvalue weighted by molar-refractivity contribution is 7.89. The molecule has 1 aliphatic heterocycles. The number of aryl methyl sites for hydroxylation is 3. The predicted octanol–water partition coefficient (Wildman–Crippen LogP) is 1.91. The molecular weight excluding hydrogens is 310 g/mol. The molecule has 1 aliphatic carbocycles. The quantitative estimate of drug-likeness (QED) is 0.931. The van der Waals surface area contributed by atoms with Crippen molar-refractivity contribution >= 4 is 10.0 Å². The number of nitrogens with zero attached hydrogens (tertiary/aromatic N) is 2. The maximum Gasteiger partial charge on any atom is 0.240 e. The molecule has 1 aromatic carbocycles. The van der Waals surface area contributed by atoms with Gasteiger partial charge in [-0.2, -0.15) is 0 Å². The SMILES string of the molecule is O=S(=O)(NC[C@@H]1CCn2ccnc2C1)c1ccc2c(c1)CCC2. The number of aromatic nitrogens is 2. The number of rotatable bonds is 4. The number of imidazole rings is 1. The fraction of sp³-hybridized carbons (Fsp3) is 0.471. The Morgan fingerprint density at radius 1 is 1.26 bits per heavy atom. The van der Waals surface area contributed by atoms with Crippen molar-refractivity contribution in [3.63, 3.8) is 0 Å². The first-order chi connectivity index (χ1) is 11.1. The number of benzene rings is 1. The summed E-state index contributed by atoms with van der Waals surface area (Å²) in [7, 11) is -3.42. The van der Waals surface area contributed by atoms with E-state index >= 15 is 0 Å². The van der Waals surface area contributed by atoms with Crippen LogP contribution in [0.4, 0.5) is 0 Å². The van der Waals surface area contributed by atoms with Crippen LogP contribution in [0.1, 0.15) is 29.8 Å². The van der Waals surface area contributed by atoms with Gasteiger partial charge in [-0.25, -0.2) is 18.1 Å². The molecule has 4 rings (SSSR count). The minimum absolute atomic E-state index is 0.314. The van der Waals surface area contributed by atoms with Gasteiger partial charge in [0.05, 0.1) is 4.90 Å².